The van der Waals surface area contributed by atoms with Crippen molar-refractivity contribution in [2.75, 3.05) is 39.8 Å². The van der Waals surface area contributed by atoms with Gasteiger partial charge in [0.15, 0.2) is 0 Å². The largest absolute Gasteiger partial charge is 0.330 e. The Kier molecular flexibility index (Phi) is 4.15. The van der Waals surface area contributed by atoms with Crippen LogP contribution in [0.15, 0.2) is 0 Å². The molecule has 0 aromatic heterocycles. The molecule has 1 aliphatic heterocycles. The first kappa shape index (κ1) is 12.9. The average molecular weight is 213 g/mol. The molecule has 0 saturated carbocycles. The van der Waals surface area contributed by atoms with Crippen molar-refractivity contribution < 1.29 is 0 Å². The lowest BCUT2D eigenvalue weighted by Gasteiger charge is -2.34. The Hall–Kier alpha value is -0.120. The third kappa shape index (κ3) is 4.09. The van der Waals surface area contributed by atoms with E-state index in [0.29, 0.717) is 5.41 Å². The molecule has 0 amide bonds. The summed E-state index contributed by atoms with van der Waals surface area (Å²) >= 11 is 0. The minimum atomic E-state index is 0.233. The van der Waals surface area contributed by atoms with Crippen molar-refractivity contribution in [1.29, 1.82) is 0 Å². The van der Waals surface area contributed by atoms with Crippen molar-refractivity contribution in [2.24, 2.45) is 16.6 Å². The predicted molar refractivity (Wildman–Crippen MR) is 65.9 cm³/mol. The minimum Gasteiger partial charge on any atom is -0.330 e. The zero-order valence-corrected chi connectivity index (χ0v) is 10.8. The fourth-order valence-electron chi connectivity index (χ4n) is 2.51. The van der Waals surface area contributed by atoms with E-state index < -0.39 is 0 Å². The van der Waals surface area contributed by atoms with Crippen LogP contribution < -0.4 is 11.1 Å². The standard InChI is InChI=1S/C12H27N3/c1-11(2,7-13)9-15(4)10-12(3)5-6-14-8-12/h14H,5-10,13H2,1-4H3. The molecule has 1 rings (SSSR count). The molecule has 3 N–H and O–H groups in total. The topological polar surface area (TPSA) is 41.3 Å². The highest BCUT2D eigenvalue weighted by Crippen LogP contribution is 2.26. The molecule has 15 heavy (non-hydrogen) atoms. The fourth-order valence-corrected chi connectivity index (χ4v) is 2.51. The lowest BCUT2D eigenvalue weighted by molar-refractivity contribution is 0.155. The first-order valence-corrected chi connectivity index (χ1v) is 5.96. The lowest BCUT2D eigenvalue weighted by atomic mass is 9.87. The van der Waals surface area contributed by atoms with Gasteiger partial charge in [0.05, 0.1) is 0 Å². The summed E-state index contributed by atoms with van der Waals surface area (Å²) in [7, 11) is 2.21. The second-order valence-corrected chi connectivity index (χ2v) is 6.28. The maximum absolute atomic E-state index is 5.76. The van der Waals surface area contributed by atoms with Gasteiger partial charge in [-0.25, -0.2) is 0 Å². The van der Waals surface area contributed by atoms with Crippen LogP contribution >= 0.6 is 0 Å². The molecule has 1 atom stereocenters. The van der Waals surface area contributed by atoms with Gasteiger partial charge in [-0.15, -0.1) is 0 Å². The van der Waals surface area contributed by atoms with Crippen LogP contribution in [0.3, 0.4) is 0 Å². The number of nitrogens with one attached hydrogen (secondary N) is 1. The van der Waals surface area contributed by atoms with E-state index in [1.54, 1.807) is 0 Å². The number of rotatable bonds is 5. The van der Waals surface area contributed by atoms with Crippen molar-refractivity contribution in [3.05, 3.63) is 0 Å². The molecule has 0 radical (unpaired) electrons. The SMILES string of the molecule is CN(CC(C)(C)CN)CC1(C)CCNC1. The number of hydrogen-bond acceptors (Lipinski definition) is 3. The summed E-state index contributed by atoms with van der Waals surface area (Å²) in [6, 6.07) is 0. The highest BCUT2D eigenvalue weighted by atomic mass is 15.1. The van der Waals surface area contributed by atoms with E-state index in [2.05, 4.69) is 38.0 Å². The molecule has 90 valence electrons. The molecular weight excluding hydrogens is 186 g/mol. The van der Waals surface area contributed by atoms with E-state index in [1.807, 2.05) is 0 Å². The van der Waals surface area contributed by atoms with Crippen molar-refractivity contribution in [1.82, 2.24) is 10.2 Å². The van der Waals surface area contributed by atoms with Gasteiger partial charge in [0.2, 0.25) is 0 Å². The molecular formula is C12H27N3. The Morgan fingerprint density at radius 1 is 1.47 bits per heavy atom. The van der Waals surface area contributed by atoms with Gasteiger partial charge >= 0.3 is 0 Å². The highest BCUT2D eigenvalue weighted by molar-refractivity contribution is 4.87. The van der Waals surface area contributed by atoms with Gasteiger partial charge in [0, 0.05) is 19.6 Å². The van der Waals surface area contributed by atoms with Gasteiger partial charge < -0.3 is 16.0 Å². The van der Waals surface area contributed by atoms with Crippen LogP contribution in [0.5, 0.6) is 0 Å². The van der Waals surface area contributed by atoms with E-state index in [4.69, 9.17) is 5.73 Å². The number of nitrogens with zero attached hydrogens (tertiary/aromatic N) is 1. The third-order valence-electron chi connectivity index (χ3n) is 3.36. The summed E-state index contributed by atoms with van der Waals surface area (Å²) in [6.45, 7) is 12.2. The van der Waals surface area contributed by atoms with Gasteiger partial charge in [0.1, 0.15) is 0 Å². The van der Waals surface area contributed by atoms with Gasteiger partial charge in [-0.1, -0.05) is 20.8 Å². The van der Waals surface area contributed by atoms with Crippen LogP contribution in [0.25, 0.3) is 0 Å². The second kappa shape index (κ2) is 4.81. The molecule has 1 fully saturated rings. The number of hydrogen-bond donors (Lipinski definition) is 2. The molecule has 0 bridgehead atoms. The summed E-state index contributed by atoms with van der Waals surface area (Å²) in [5.41, 5.74) is 6.45. The van der Waals surface area contributed by atoms with Crippen LogP contribution in [-0.4, -0.2) is 44.7 Å². The monoisotopic (exact) mass is 213 g/mol. The molecule has 3 nitrogen and oxygen atoms in total. The minimum absolute atomic E-state index is 0.233. The summed E-state index contributed by atoms with van der Waals surface area (Å²) < 4.78 is 0. The van der Waals surface area contributed by atoms with Gasteiger partial charge in [0.25, 0.3) is 0 Å². The maximum atomic E-state index is 5.76. The van der Waals surface area contributed by atoms with Crippen molar-refractivity contribution in [3.63, 3.8) is 0 Å². The summed E-state index contributed by atoms with van der Waals surface area (Å²) in [5.74, 6) is 0. The Morgan fingerprint density at radius 3 is 2.60 bits per heavy atom. The van der Waals surface area contributed by atoms with Crippen LogP contribution in [0, 0.1) is 10.8 Å². The third-order valence-corrected chi connectivity index (χ3v) is 3.36. The highest BCUT2D eigenvalue weighted by Gasteiger charge is 2.30. The zero-order chi connectivity index (χ0) is 11.5. The van der Waals surface area contributed by atoms with E-state index in [-0.39, 0.29) is 5.41 Å². The van der Waals surface area contributed by atoms with Crippen molar-refractivity contribution >= 4 is 0 Å². The Labute approximate surface area is 94.4 Å². The Bertz CT molecular complexity index is 195. The first-order chi connectivity index (χ1) is 6.87. The molecule has 1 heterocycles. The van der Waals surface area contributed by atoms with Gasteiger partial charge in [-0.05, 0) is 37.4 Å². The molecule has 0 aromatic rings. The van der Waals surface area contributed by atoms with Crippen molar-refractivity contribution in [3.8, 4) is 0 Å². The van der Waals surface area contributed by atoms with E-state index in [9.17, 15) is 0 Å². The van der Waals surface area contributed by atoms with E-state index in [1.165, 1.54) is 19.5 Å². The molecule has 1 aliphatic rings. The summed E-state index contributed by atoms with van der Waals surface area (Å²) in [5, 5.41) is 3.44. The smallest absolute Gasteiger partial charge is 0.00451 e. The Morgan fingerprint density at radius 2 is 2.13 bits per heavy atom. The Balaban J connectivity index is 2.38. The molecule has 1 saturated heterocycles. The van der Waals surface area contributed by atoms with Gasteiger partial charge in [-0.2, -0.15) is 0 Å². The average Bonchev–Trinajstić information content (AvgIpc) is 2.50. The van der Waals surface area contributed by atoms with Crippen LogP contribution in [0.4, 0.5) is 0 Å². The van der Waals surface area contributed by atoms with Crippen molar-refractivity contribution in [2.45, 2.75) is 27.2 Å². The lowest BCUT2D eigenvalue weighted by Crippen LogP contribution is -2.42. The normalized spacial score (nSPS) is 27.6. The molecule has 0 spiro atoms. The van der Waals surface area contributed by atoms with Crippen LogP contribution in [0.1, 0.15) is 27.2 Å². The molecule has 0 aromatic carbocycles. The van der Waals surface area contributed by atoms with Gasteiger partial charge in [-0.3, -0.25) is 0 Å². The first-order valence-electron chi connectivity index (χ1n) is 5.96. The summed E-state index contributed by atoms with van der Waals surface area (Å²) in [4.78, 5) is 2.43. The van der Waals surface area contributed by atoms with Crippen LogP contribution in [-0.2, 0) is 0 Å². The summed E-state index contributed by atoms with van der Waals surface area (Å²) in [6.07, 6.45) is 1.29. The van der Waals surface area contributed by atoms with E-state index >= 15 is 0 Å². The molecule has 3 heteroatoms. The second-order valence-electron chi connectivity index (χ2n) is 6.28. The van der Waals surface area contributed by atoms with Crippen LogP contribution in [0.2, 0.25) is 0 Å². The quantitative estimate of drug-likeness (QED) is 0.713. The maximum Gasteiger partial charge on any atom is 0.00451 e. The zero-order valence-electron chi connectivity index (χ0n) is 10.8. The fraction of sp³-hybridized carbons (Fsp3) is 1.00. The molecule has 1 unspecified atom stereocenters. The number of nitrogens with two attached hydrogens (primary N) is 1. The van der Waals surface area contributed by atoms with E-state index in [0.717, 1.165) is 19.6 Å². The molecule has 0 aliphatic carbocycles. The predicted octanol–water partition coefficient (Wildman–Crippen LogP) is 0.903.